The maximum absolute atomic E-state index is 12.9. The highest BCUT2D eigenvalue weighted by Gasteiger charge is 2.33. The Labute approximate surface area is 182 Å². The van der Waals surface area contributed by atoms with Gasteiger partial charge in [-0.1, -0.05) is 36.1 Å². The first kappa shape index (κ1) is 21.6. The van der Waals surface area contributed by atoms with Crippen LogP contribution in [0.3, 0.4) is 0 Å². The van der Waals surface area contributed by atoms with E-state index in [1.54, 1.807) is 19.2 Å². The van der Waals surface area contributed by atoms with E-state index < -0.39 is 4.92 Å². The molecule has 0 unspecified atom stereocenters. The lowest BCUT2D eigenvalue weighted by Crippen LogP contribution is -2.27. The summed E-state index contributed by atoms with van der Waals surface area (Å²) in [6.45, 7) is 0.292. The quantitative estimate of drug-likeness (QED) is 0.273. The summed E-state index contributed by atoms with van der Waals surface area (Å²) in [5, 5.41) is 11.5. The van der Waals surface area contributed by atoms with Gasteiger partial charge < -0.3 is 14.2 Å². The third-order valence-electron chi connectivity index (χ3n) is 4.39. The second-order valence-corrected chi connectivity index (χ2v) is 7.81. The second-order valence-electron chi connectivity index (χ2n) is 6.14. The summed E-state index contributed by atoms with van der Waals surface area (Å²) in [6.07, 6.45) is 1.45. The number of methoxy groups -OCH3 is 3. The van der Waals surface area contributed by atoms with Crippen LogP contribution in [-0.2, 0) is 11.3 Å². The van der Waals surface area contributed by atoms with Gasteiger partial charge in [-0.05, 0) is 29.8 Å². The summed E-state index contributed by atoms with van der Waals surface area (Å²) in [7, 11) is 4.41. The van der Waals surface area contributed by atoms with Gasteiger partial charge in [0.2, 0.25) is 0 Å². The van der Waals surface area contributed by atoms with Crippen LogP contribution in [0.5, 0.6) is 17.2 Å². The first-order valence-corrected chi connectivity index (χ1v) is 9.89. The third-order valence-corrected chi connectivity index (χ3v) is 5.77. The minimum atomic E-state index is -0.536. The van der Waals surface area contributed by atoms with Crippen molar-refractivity contribution in [2.45, 2.75) is 6.54 Å². The minimum Gasteiger partial charge on any atom is -0.497 e. The van der Waals surface area contributed by atoms with Gasteiger partial charge in [0, 0.05) is 0 Å². The number of thioether (sulfide) groups is 1. The van der Waals surface area contributed by atoms with Gasteiger partial charge in [0.05, 0.1) is 49.3 Å². The van der Waals surface area contributed by atoms with Crippen LogP contribution >= 0.6 is 24.0 Å². The number of rotatable bonds is 7. The largest absolute Gasteiger partial charge is 0.497 e. The van der Waals surface area contributed by atoms with Crippen molar-refractivity contribution in [3.05, 3.63) is 62.5 Å². The molecule has 0 atom stereocenters. The molecule has 0 aromatic heterocycles. The molecule has 0 aliphatic carbocycles. The molecule has 0 radical (unpaired) electrons. The molecular formula is C20H18N2O6S2. The number of carbonyl (C=O) groups excluding carboxylic acids is 1. The lowest BCUT2D eigenvalue weighted by Gasteiger charge is -2.14. The van der Waals surface area contributed by atoms with Crippen molar-refractivity contribution in [1.29, 1.82) is 0 Å². The number of hydrogen-bond donors (Lipinski definition) is 0. The number of nitrogens with zero attached hydrogens (tertiary/aromatic N) is 2. The summed E-state index contributed by atoms with van der Waals surface area (Å²) in [4.78, 5) is 25.6. The van der Waals surface area contributed by atoms with Gasteiger partial charge in [0.1, 0.15) is 10.1 Å². The van der Waals surface area contributed by atoms with Crippen LogP contribution in [-0.4, -0.2) is 41.4 Å². The molecule has 2 aromatic rings. The Bertz CT molecular complexity index is 1040. The average Bonchev–Trinajstić information content (AvgIpc) is 3.01. The zero-order valence-electron chi connectivity index (χ0n) is 16.4. The second kappa shape index (κ2) is 9.14. The normalized spacial score (nSPS) is 14.9. The van der Waals surface area contributed by atoms with Gasteiger partial charge in [0.15, 0.2) is 11.5 Å². The van der Waals surface area contributed by atoms with E-state index in [1.165, 1.54) is 37.3 Å². The molecule has 0 saturated carbocycles. The number of carbonyl (C=O) groups is 1. The summed E-state index contributed by atoms with van der Waals surface area (Å²) in [5.74, 6) is 0.950. The first-order chi connectivity index (χ1) is 14.4. The van der Waals surface area contributed by atoms with E-state index in [2.05, 4.69) is 0 Å². The highest BCUT2D eigenvalue weighted by atomic mass is 32.2. The lowest BCUT2D eigenvalue weighted by molar-refractivity contribution is -0.385. The SMILES string of the molecule is COc1ccc(CN2C(=O)C(=Cc3cc(OC)c(OC)cc3[N+](=O)[O-])SC2=S)cc1. The van der Waals surface area contributed by atoms with Crippen molar-refractivity contribution in [2.75, 3.05) is 21.3 Å². The van der Waals surface area contributed by atoms with Crippen molar-refractivity contribution in [3.8, 4) is 17.2 Å². The van der Waals surface area contributed by atoms with Crippen molar-refractivity contribution < 1.29 is 23.9 Å². The van der Waals surface area contributed by atoms with Crippen molar-refractivity contribution >= 4 is 46.0 Å². The smallest absolute Gasteiger partial charge is 0.280 e. The van der Waals surface area contributed by atoms with Crippen LogP contribution in [0.25, 0.3) is 6.08 Å². The molecule has 8 nitrogen and oxygen atoms in total. The van der Waals surface area contributed by atoms with Crippen LogP contribution in [0.1, 0.15) is 11.1 Å². The Kier molecular flexibility index (Phi) is 6.58. The van der Waals surface area contributed by atoms with Crippen LogP contribution in [0.15, 0.2) is 41.3 Å². The monoisotopic (exact) mass is 446 g/mol. The number of amides is 1. The van der Waals surface area contributed by atoms with Crippen LogP contribution in [0.2, 0.25) is 0 Å². The highest BCUT2D eigenvalue weighted by Crippen LogP contribution is 2.39. The number of thiocarbonyl (C=S) groups is 1. The summed E-state index contributed by atoms with van der Waals surface area (Å²) in [6, 6.07) is 10.0. The van der Waals surface area contributed by atoms with Crippen molar-refractivity contribution in [3.63, 3.8) is 0 Å². The first-order valence-electron chi connectivity index (χ1n) is 8.66. The van der Waals surface area contributed by atoms with Gasteiger partial charge in [-0.3, -0.25) is 19.8 Å². The molecular weight excluding hydrogens is 428 g/mol. The van der Waals surface area contributed by atoms with Gasteiger partial charge >= 0.3 is 0 Å². The van der Waals surface area contributed by atoms with E-state index in [1.807, 2.05) is 12.1 Å². The number of nitro benzene ring substituents is 1. The van der Waals surface area contributed by atoms with Gasteiger partial charge in [-0.15, -0.1) is 0 Å². The molecule has 0 N–H and O–H groups in total. The molecule has 0 spiro atoms. The highest BCUT2D eigenvalue weighted by molar-refractivity contribution is 8.26. The topological polar surface area (TPSA) is 91.1 Å². The Morgan fingerprint density at radius 3 is 2.30 bits per heavy atom. The molecule has 30 heavy (non-hydrogen) atoms. The zero-order valence-corrected chi connectivity index (χ0v) is 18.0. The van der Waals surface area contributed by atoms with Crippen LogP contribution in [0, 0.1) is 10.1 Å². The summed E-state index contributed by atoms with van der Waals surface area (Å²) in [5.41, 5.74) is 0.904. The summed E-state index contributed by atoms with van der Waals surface area (Å²) >= 11 is 6.45. The summed E-state index contributed by atoms with van der Waals surface area (Å²) < 4.78 is 15.9. The fraction of sp³-hybridized carbons (Fsp3) is 0.200. The lowest BCUT2D eigenvalue weighted by atomic mass is 10.1. The fourth-order valence-corrected chi connectivity index (χ4v) is 4.09. The minimum absolute atomic E-state index is 0.201. The molecule has 0 bridgehead atoms. The van der Waals surface area contributed by atoms with Crippen molar-refractivity contribution in [2.24, 2.45) is 0 Å². The molecule has 1 aliphatic heterocycles. The predicted molar refractivity (Wildman–Crippen MR) is 118 cm³/mol. The van der Waals surface area contributed by atoms with E-state index in [4.69, 9.17) is 26.4 Å². The van der Waals surface area contributed by atoms with Crippen LogP contribution in [0.4, 0.5) is 5.69 Å². The number of nitro groups is 1. The van der Waals surface area contributed by atoms with E-state index in [0.717, 1.165) is 17.3 Å². The molecule has 156 valence electrons. The third kappa shape index (κ3) is 4.39. The Hall–Kier alpha value is -3.11. The van der Waals surface area contributed by atoms with E-state index in [0.29, 0.717) is 27.3 Å². The molecule has 1 fully saturated rings. The molecule has 10 heteroatoms. The Morgan fingerprint density at radius 2 is 1.73 bits per heavy atom. The van der Waals surface area contributed by atoms with Gasteiger partial charge in [-0.2, -0.15) is 0 Å². The van der Waals surface area contributed by atoms with E-state index >= 15 is 0 Å². The molecule has 1 heterocycles. The maximum Gasteiger partial charge on any atom is 0.280 e. The average molecular weight is 447 g/mol. The van der Waals surface area contributed by atoms with Crippen LogP contribution < -0.4 is 14.2 Å². The number of hydrogen-bond acceptors (Lipinski definition) is 8. The standard InChI is InChI=1S/C20H18N2O6S2/c1-26-14-6-4-12(5-7-14)11-21-19(23)18(30-20(21)29)9-13-8-16(27-2)17(28-3)10-15(13)22(24)25/h4-10H,11H2,1-3H3. The fourth-order valence-electron chi connectivity index (χ4n) is 2.85. The Balaban J connectivity index is 1.92. The molecule has 3 rings (SSSR count). The zero-order chi connectivity index (χ0) is 21.8. The van der Waals surface area contributed by atoms with E-state index in [9.17, 15) is 14.9 Å². The van der Waals surface area contributed by atoms with Gasteiger partial charge in [0.25, 0.3) is 11.6 Å². The molecule has 1 amide bonds. The van der Waals surface area contributed by atoms with E-state index in [-0.39, 0.29) is 22.9 Å². The number of ether oxygens (including phenoxy) is 3. The predicted octanol–water partition coefficient (Wildman–Crippen LogP) is 4.02. The maximum atomic E-state index is 12.9. The number of benzene rings is 2. The molecule has 1 aliphatic rings. The van der Waals surface area contributed by atoms with Gasteiger partial charge in [-0.25, -0.2) is 0 Å². The molecule has 1 saturated heterocycles. The Morgan fingerprint density at radius 1 is 1.10 bits per heavy atom. The van der Waals surface area contributed by atoms with Crippen molar-refractivity contribution in [1.82, 2.24) is 4.90 Å². The molecule has 2 aromatic carbocycles.